The highest BCUT2D eigenvalue weighted by Crippen LogP contribution is 2.34. The van der Waals surface area contributed by atoms with E-state index < -0.39 is 5.54 Å². The molecule has 21 heavy (non-hydrogen) atoms. The Labute approximate surface area is 137 Å². The third-order valence-corrected chi connectivity index (χ3v) is 5.22. The number of nitrogens with two attached hydrogens (primary N) is 1. The summed E-state index contributed by atoms with van der Waals surface area (Å²) in [5.74, 6) is -0.0894. The lowest BCUT2D eigenvalue weighted by atomic mass is 10.2. The van der Waals surface area contributed by atoms with E-state index in [1.165, 1.54) is 0 Å². The van der Waals surface area contributed by atoms with Gasteiger partial charge in [-0.05, 0) is 44.0 Å². The summed E-state index contributed by atoms with van der Waals surface area (Å²) in [6, 6.07) is 7.75. The van der Waals surface area contributed by atoms with Crippen molar-refractivity contribution in [3.05, 3.63) is 35.3 Å². The molecule has 1 aliphatic carbocycles. The number of carbonyl (C=O) groups excluding carboxylic acids is 1. The van der Waals surface area contributed by atoms with Crippen molar-refractivity contribution in [3.63, 3.8) is 0 Å². The van der Waals surface area contributed by atoms with E-state index in [1.54, 1.807) is 23.1 Å². The molecule has 1 heterocycles. The SMILES string of the molecule is Cc1csc(Sc2ccc(NC(=O)C3(N)CC3)cc2)n1.Cl. The van der Waals surface area contributed by atoms with Crippen LogP contribution in [0.5, 0.6) is 0 Å². The van der Waals surface area contributed by atoms with Crippen molar-refractivity contribution in [1.29, 1.82) is 0 Å². The summed E-state index contributed by atoms with van der Waals surface area (Å²) in [4.78, 5) is 17.3. The Morgan fingerprint density at radius 1 is 1.38 bits per heavy atom. The van der Waals surface area contributed by atoms with E-state index in [4.69, 9.17) is 5.73 Å². The molecule has 1 saturated carbocycles. The van der Waals surface area contributed by atoms with Crippen LogP contribution >= 0.6 is 35.5 Å². The number of hydrogen-bond donors (Lipinski definition) is 2. The van der Waals surface area contributed by atoms with Gasteiger partial charge in [-0.25, -0.2) is 4.98 Å². The van der Waals surface area contributed by atoms with Gasteiger partial charge in [0, 0.05) is 21.7 Å². The monoisotopic (exact) mass is 341 g/mol. The van der Waals surface area contributed by atoms with Crippen LogP contribution in [0.3, 0.4) is 0 Å². The van der Waals surface area contributed by atoms with E-state index in [2.05, 4.69) is 10.3 Å². The van der Waals surface area contributed by atoms with Gasteiger partial charge in [-0.2, -0.15) is 0 Å². The van der Waals surface area contributed by atoms with Gasteiger partial charge in [0.15, 0.2) is 4.34 Å². The summed E-state index contributed by atoms with van der Waals surface area (Å²) in [6.45, 7) is 1.99. The van der Waals surface area contributed by atoms with Crippen molar-refractivity contribution in [2.45, 2.75) is 34.5 Å². The van der Waals surface area contributed by atoms with E-state index in [0.29, 0.717) is 0 Å². The topological polar surface area (TPSA) is 68.0 Å². The van der Waals surface area contributed by atoms with Crippen LogP contribution in [0, 0.1) is 6.92 Å². The molecule has 0 aliphatic heterocycles. The second-order valence-corrected chi connectivity index (χ2v) is 7.17. The third-order valence-electron chi connectivity index (χ3n) is 3.16. The van der Waals surface area contributed by atoms with Crippen molar-refractivity contribution in [2.24, 2.45) is 5.73 Å². The second-order valence-electron chi connectivity index (χ2n) is 4.99. The molecular formula is C14H16ClN3OS2. The molecule has 0 radical (unpaired) electrons. The standard InChI is InChI=1S/C14H15N3OS2.ClH/c1-9-8-19-13(16-9)20-11-4-2-10(3-5-11)17-12(18)14(15)6-7-14;/h2-5,8H,6-7,15H2,1H3,(H,17,18);1H. The van der Waals surface area contributed by atoms with Gasteiger partial charge in [0.25, 0.3) is 0 Å². The number of carbonyl (C=O) groups is 1. The predicted molar refractivity (Wildman–Crippen MR) is 89.4 cm³/mol. The number of benzene rings is 1. The number of anilines is 1. The summed E-state index contributed by atoms with van der Waals surface area (Å²) in [5.41, 5.74) is 7.04. The quantitative estimate of drug-likeness (QED) is 0.893. The Bertz CT molecular complexity index is 638. The van der Waals surface area contributed by atoms with E-state index in [1.807, 2.05) is 36.6 Å². The van der Waals surface area contributed by atoms with Crippen molar-refractivity contribution in [1.82, 2.24) is 4.98 Å². The number of nitrogens with zero attached hydrogens (tertiary/aromatic N) is 1. The molecule has 0 atom stereocenters. The molecule has 4 nitrogen and oxygen atoms in total. The Kier molecular flexibility index (Phi) is 4.93. The number of hydrogen-bond acceptors (Lipinski definition) is 5. The van der Waals surface area contributed by atoms with Gasteiger partial charge in [-0.3, -0.25) is 4.79 Å². The zero-order valence-corrected chi connectivity index (χ0v) is 13.9. The van der Waals surface area contributed by atoms with Crippen molar-refractivity contribution in [3.8, 4) is 0 Å². The fourth-order valence-electron chi connectivity index (χ4n) is 1.70. The number of nitrogens with one attached hydrogen (secondary N) is 1. The first-order valence-corrected chi connectivity index (χ1v) is 8.05. The minimum Gasteiger partial charge on any atom is -0.324 e. The Morgan fingerprint density at radius 2 is 2.05 bits per heavy atom. The highest BCUT2D eigenvalue weighted by Gasteiger charge is 2.45. The zero-order valence-electron chi connectivity index (χ0n) is 11.5. The van der Waals surface area contributed by atoms with Crippen LogP contribution in [0.1, 0.15) is 18.5 Å². The average Bonchev–Trinajstić information content (AvgIpc) is 3.05. The summed E-state index contributed by atoms with van der Waals surface area (Å²) < 4.78 is 1.03. The normalized spacial score (nSPS) is 15.1. The molecule has 112 valence electrons. The number of aryl methyl sites for hydroxylation is 1. The molecule has 1 aliphatic rings. The summed E-state index contributed by atoms with van der Waals surface area (Å²) in [5, 5.41) is 4.89. The number of thiazole rings is 1. The molecule has 0 spiro atoms. The highest BCUT2D eigenvalue weighted by atomic mass is 35.5. The average molecular weight is 342 g/mol. The number of aromatic nitrogens is 1. The van der Waals surface area contributed by atoms with E-state index in [-0.39, 0.29) is 18.3 Å². The summed E-state index contributed by atoms with van der Waals surface area (Å²) in [6.07, 6.45) is 1.55. The summed E-state index contributed by atoms with van der Waals surface area (Å²) in [7, 11) is 0. The Morgan fingerprint density at radius 3 is 2.57 bits per heavy atom. The molecule has 2 aromatic rings. The van der Waals surface area contributed by atoms with Gasteiger partial charge in [-0.1, -0.05) is 11.8 Å². The lowest BCUT2D eigenvalue weighted by Crippen LogP contribution is -2.37. The maximum Gasteiger partial charge on any atom is 0.244 e. The molecular weight excluding hydrogens is 326 g/mol. The van der Waals surface area contributed by atoms with Gasteiger partial charge in [-0.15, -0.1) is 23.7 Å². The van der Waals surface area contributed by atoms with Crippen LogP contribution in [0.25, 0.3) is 0 Å². The Balaban J connectivity index is 0.00000161. The van der Waals surface area contributed by atoms with Crippen molar-refractivity contribution in [2.75, 3.05) is 5.32 Å². The van der Waals surface area contributed by atoms with Gasteiger partial charge in [0.05, 0.1) is 5.54 Å². The summed E-state index contributed by atoms with van der Waals surface area (Å²) >= 11 is 3.26. The lowest BCUT2D eigenvalue weighted by molar-refractivity contribution is -0.118. The third kappa shape index (κ3) is 3.97. The van der Waals surface area contributed by atoms with Gasteiger partial charge < -0.3 is 11.1 Å². The van der Waals surface area contributed by atoms with Gasteiger partial charge in [0.2, 0.25) is 5.91 Å². The van der Waals surface area contributed by atoms with Crippen LogP contribution in [0.15, 0.2) is 38.9 Å². The van der Waals surface area contributed by atoms with E-state index in [0.717, 1.165) is 33.5 Å². The van der Waals surface area contributed by atoms with Crippen LogP contribution in [0.4, 0.5) is 5.69 Å². The molecule has 3 rings (SSSR count). The van der Waals surface area contributed by atoms with Crippen molar-refractivity contribution < 1.29 is 4.79 Å². The number of halogens is 1. The minimum absolute atomic E-state index is 0. The predicted octanol–water partition coefficient (Wildman–Crippen LogP) is 3.45. The largest absolute Gasteiger partial charge is 0.324 e. The minimum atomic E-state index is -0.633. The van der Waals surface area contributed by atoms with Crippen molar-refractivity contribution >= 4 is 47.1 Å². The molecule has 0 saturated heterocycles. The number of amides is 1. The molecule has 3 N–H and O–H groups in total. The first kappa shape index (κ1) is 16.3. The molecule has 1 fully saturated rings. The van der Waals surface area contributed by atoms with E-state index in [9.17, 15) is 4.79 Å². The highest BCUT2D eigenvalue weighted by molar-refractivity contribution is 8.01. The lowest BCUT2D eigenvalue weighted by Gasteiger charge is -2.10. The first-order chi connectivity index (χ1) is 9.55. The van der Waals surface area contributed by atoms with Gasteiger partial charge >= 0.3 is 0 Å². The second kappa shape index (κ2) is 6.36. The molecule has 7 heteroatoms. The fraction of sp³-hybridized carbons (Fsp3) is 0.286. The van der Waals surface area contributed by atoms with Gasteiger partial charge in [0.1, 0.15) is 0 Å². The van der Waals surface area contributed by atoms with Crippen LogP contribution in [-0.4, -0.2) is 16.4 Å². The Hall–Kier alpha value is -1.08. The van der Waals surface area contributed by atoms with Crippen LogP contribution in [-0.2, 0) is 4.79 Å². The fourth-order valence-corrected chi connectivity index (χ4v) is 3.51. The first-order valence-electron chi connectivity index (χ1n) is 6.36. The number of rotatable bonds is 4. The molecule has 0 unspecified atom stereocenters. The molecule has 1 aromatic heterocycles. The molecule has 1 amide bonds. The van der Waals surface area contributed by atoms with E-state index >= 15 is 0 Å². The van der Waals surface area contributed by atoms with Crippen LogP contribution in [0.2, 0.25) is 0 Å². The molecule has 0 bridgehead atoms. The zero-order chi connectivity index (χ0) is 14.2. The van der Waals surface area contributed by atoms with Crippen LogP contribution < -0.4 is 11.1 Å². The maximum atomic E-state index is 11.8. The smallest absolute Gasteiger partial charge is 0.244 e. The molecule has 1 aromatic carbocycles. The maximum absolute atomic E-state index is 11.8.